The van der Waals surface area contributed by atoms with Crippen molar-refractivity contribution in [2.75, 3.05) is 6.67 Å². The molecule has 0 radical (unpaired) electrons. The van der Waals surface area contributed by atoms with Gasteiger partial charge < -0.3 is 5.73 Å². The highest BCUT2D eigenvalue weighted by Crippen LogP contribution is 2.67. The Kier molecular flexibility index (Phi) is 5.24. The van der Waals surface area contributed by atoms with E-state index in [0.29, 0.717) is 16.7 Å². The van der Waals surface area contributed by atoms with Crippen LogP contribution >= 0.6 is 0 Å². The Morgan fingerprint density at radius 2 is 1.90 bits per heavy atom. The summed E-state index contributed by atoms with van der Waals surface area (Å²) in [5, 5.41) is 0. The average Bonchev–Trinajstić information content (AvgIpc) is 3.16. The standard InChI is InChI=1S/C28H46FN/c1-18(9-14-28(30)16-19(28)2)23-7-8-24-22-6-5-21-15-20(17-29)10-12-26(21,3)25(22)11-13-27(23,24)4/h5,18-20,22-25H,6-17,30H2,1-4H3. The molecule has 10 unspecified atom stereocenters. The molecule has 0 bridgehead atoms. The molecule has 4 fully saturated rings. The monoisotopic (exact) mass is 415 g/mol. The van der Waals surface area contributed by atoms with Crippen molar-refractivity contribution in [1.29, 1.82) is 0 Å². The molecule has 0 aromatic carbocycles. The Balaban J connectivity index is 1.31. The minimum atomic E-state index is -0.120. The van der Waals surface area contributed by atoms with Gasteiger partial charge in [-0.05, 0) is 123 Å². The minimum Gasteiger partial charge on any atom is -0.325 e. The van der Waals surface area contributed by atoms with Gasteiger partial charge in [0.1, 0.15) is 0 Å². The lowest BCUT2D eigenvalue weighted by Gasteiger charge is -2.58. The summed E-state index contributed by atoms with van der Waals surface area (Å²) in [6.45, 7) is 9.97. The van der Waals surface area contributed by atoms with Gasteiger partial charge >= 0.3 is 0 Å². The Labute approximate surface area is 184 Å². The second-order valence-electron chi connectivity index (χ2n) is 13.1. The summed E-state index contributed by atoms with van der Waals surface area (Å²) in [5.41, 5.74) is 9.27. The maximum atomic E-state index is 13.4. The molecular formula is C28H46FN. The quantitative estimate of drug-likeness (QED) is 0.468. The molecule has 0 aromatic heterocycles. The molecule has 0 amide bonds. The van der Waals surface area contributed by atoms with Gasteiger partial charge in [0.05, 0.1) is 6.67 Å². The van der Waals surface area contributed by atoms with E-state index in [4.69, 9.17) is 5.73 Å². The fourth-order valence-electron chi connectivity index (χ4n) is 9.40. The third kappa shape index (κ3) is 3.17. The van der Waals surface area contributed by atoms with E-state index in [-0.39, 0.29) is 12.2 Å². The molecule has 0 aliphatic heterocycles. The highest BCUT2D eigenvalue weighted by atomic mass is 19.1. The Hall–Kier alpha value is -0.370. The van der Waals surface area contributed by atoms with E-state index in [1.165, 1.54) is 57.8 Å². The van der Waals surface area contributed by atoms with Crippen molar-refractivity contribution in [1.82, 2.24) is 0 Å². The second-order valence-corrected chi connectivity index (χ2v) is 13.1. The van der Waals surface area contributed by atoms with Crippen molar-refractivity contribution in [2.24, 2.45) is 58.0 Å². The van der Waals surface area contributed by atoms with Gasteiger partial charge in [0, 0.05) is 5.54 Å². The van der Waals surface area contributed by atoms with Crippen LogP contribution in [0.3, 0.4) is 0 Å². The molecule has 30 heavy (non-hydrogen) atoms. The Morgan fingerprint density at radius 1 is 1.13 bits per heavy atom. The largest absolute Gasteiger partial charge is 0.325 e. The normalized spacial score (nSPS) is 53.3. The number of fused-ring (bicyclic) bond motifs is 5. The van der Waals surface area contributed by atoms with Crippen molar-refractivity contribution >= 4 is 0 Å². The van der Waals surface area contributed by atoms with E-state index in [0.717, 1.165) is 48.3 Å². The summed E-state index contributed by atoms with van der Waals surface area (Å²) in [6, 6.07) is 0. The van der Waals surface area contributed by atoms with Crippen LogP contribution in [0, 0.1) is 52.3 Å². The zero-order valence-electron chi connectivity index (χ0n) is 20.1. The maximum Gasteiger partial charge on any atom is 0.0925 e. The van der Waals surface area contributed by atoms with Crippen molar-refractivity contribution in [2.45, 2.75) is 104 Å². The van der Waals surface area contributed by atoms with E-state index in [1.807, 2.05) is 0 Å². The van der Waals surface area contributed by atoms with Gasteiger partial charge in [0.25, 0.3) is 0 Å². The molecule has 5 rings (SSSR count). The molecule has 2 N–H and O–H groups in total. The molecule has 0 heterocycles. The fraction of sp³-hybridized carbons (Fsp3) is 0.929. The van der Waals surface area contributed by atoms with Crippen LogP contribution < -0.4 is 5.73 Å². The Bertz CT molecular complexity index is 701. The second kappa shape index (κ2) is 7.32. The molecule has 10 atom stereocenters. The third-order valence-electron chi connectivity index (χ3n) is 11.8. The topological polar surface area (TPSA) is 26.0 Å². The number of alkyl halides is 1. The van der Waals surface area contributed by atoms with Crippen molar-refractivity contribution in [3.8, 4) is 0 Å². The average molecular weight is 416 g/mol. The summed E-state index contributed by atoms with van der Waals surface area (Å²) in [6.07, 6.45) is 16.8. The SMILES string of the molecule is CC(CCC1(N)CC1C)C1CCC2C3CC=C4CC(CF)CCC4(C)C3CCC12C. The van der Waals surface area contributed by atoms with Crippen molar-refractivity contribution in [3.63, 3.8) is 0 Å². The number of halogens is 1. The van der Waals surface area contributed by atoms with Crippen LogP contribution in [0.15, 0.2) is 11.6 Å². The van der Waals surface area contributed by atoms with Gasteiger partial charge in [-0.3, -0.25) is 4.39 Å². The molecule has 5 aliphatic carbocycles. The van der Waals surface area contributed by atoms with Crippen LogP contribution in [-0.4, -0.2) is 12.2 Å². The van der Waals surface area contributed by atoms with Gasteiger partial charge in [0.2, 0.25) is 0 Å². The molecule has 0 saturated heterocycles. The first-order valence-corrected chi connectivity index (χ1v) is 13.3. The molecule has 4 saturated carbocycles. The summed E-state index contributed by atoms with van der Waals surface area (Å²) in [5.74, 6) is 5.38. The van der Waals surface area contributed by atoms with Crippen LogP contribution in [0.25, 0.3) is 0 Å². The van der Waals surface area contributed by atoms with Crippen LogP contribution in [0.4, 0.5) is 4.39 Å². The number of hydrogen-bond acceptors (Lipinski definition) is 1. The predicted molar refractivity (Wildman–Crippen MR) is 124 cm³/mol. The molecular weight excluding hydrogens is 369 g/mol. The van der Waals surface area contributed by atoms with E-state index in [9.17, 15) is 4.39 Å². The van der Waals surface area contributed by atoms with E-state index < -0.39 is 0 Å². The fourth-order valence-corrected chi connectivity index (χ4v) is 9.40. The summed E-state index contributed by atoms with van der Waals surface area (Å²) in [7, 11) is 0. The first-order chi connectivity index (χ1) is 14.2. The zero-order chi connectivity index (χ0) is 21.3. The van der Waals surface area contributed by atoms with Crippen LogP contribution in [0.2, 0.25) is 0 Å². The van der Waals surface area contributed by atoms with Gasteiger partial charge in [-0.2, -0.15) is 0 Å². The number of allylic oxidation sites excluding steroid dienone is 2. The smallest absolute Gasteiger partial charge is 0.0925 e. The minimum absolute atomic E-state index is 0.120. The van der Waals surface area contributed by atoms with Gasteiger partial charge in [-0.1, -0.05) is 39.3 Å². The molecule has 0 spiro atoms. The van der Waals surface area contributed by atoms with Crippen LogP contribution in [0.1, 0.15) is 98.3 Å². The predicted octanol–water partition coefficient (Wildman–Crippen LogP) is 7.30. The molecule has 0 aromatic rings. The van der Waals surface area contributed by atoms with Gasteiger partial charge in [-0.25, -0.2) is 0 Å². The van der Waals surface area contributed by atoms with Gasteiger partial charge in [0.15, 0.2) is 0 Å². The molecule has 1 nitrogen and oxygen atoms in total. The number of nitrogens with two attached hydrogens (primary N) is 1. The molecule has 2 heteroatoms. The maximum absolute atomic E-state index is 13.4. The lowest BCUT2D eigenvalue weighted by Crippen LogP contribution is -2.50. The van der Waals surface area contributed by atoms with Gasteiger partial charge in [-0.15, -0.1) is 0 Å². The lowest BCUT2D eigenvalue weighted by atomic mass is 9.46. The zero-order valence-corrected chi connectivity index (χ0v) is 20.1. The number of hydrogen-bond donors (Lipinski definition) is 1. The van der Waals surface area contributed by atoms with E-state index >= 15 is 0 Å². The summed E-state index contributed by atoms with van der Waals surface area (Å²) >= 11 is 0. The summed E-state index contributed by atoms with van der Waals surface area (Å²) in [4.78, 5) is 0. The van der Waals surface area contributed by atoms with Crippen LogP contribution in [0.5, 0.6) is 0 Å². The molecule has 5 aliphatic rings. The summed E-state index contributed by atoms with van der Waals surface area (Å²) < 4.78 is 13.4. The highest BCUT2D eigenvalue weighted by molar-refractivity contribution is 5.25. The number of rotatable bonds is 5. The van der Waals surface area contributed by atoms with Crippen LogP contribution in [-0.2, 0) is 0 Å². The van der Waals surface area contributed by atoms with Crippen molar-refractivity contribution in [3.05, 3.63) is 11.6 Å². The van der Waals surface area contributed by atoms with E-state index in [1.54, 1.807) is 5.57 Å². The lowest BCUT2D eigenvalue weighted by molar-refractivity contribution is -0.0533. The Morgan fingerprint density at radius 3 is 2.60 bits per heavy atom. The highest BCUT2D eigenvalue weighted by Gasteiger charge is 2.59. The van der Waals surface area contributed by atoms with E-state index in [2.05, 4.69) is 33.8 Å². The molecule has 170 valence electrons. The third-order valence-corrected chi connectivity index (χ3v) is 11.8. The first-order valence-electron chi connectivity index (χ1n) is 13.3. The first kappa shape index (κ1) is 21.5. The van der Waals surface area contributed by atoms with Crippen molar-refractivity contribution < 1.29 is 4.39 Å².